The van der Waals surface area contributed by atoms with Crippen molar-refractivity contribution in [3.8, 4) is 0 Å². The van der Waals surface area contributed by atoms with E-state index in [0.717, 1.165) is 23.5 Å². The maximum absolute atomic E-state index is 5.85. The van der Waals surface area contributed by atoms with E-state index in [1.165, 1.54) is 38.6 Å². The number of hydrogen-bond acceptors (Lipinski definition) is 1. The van der Waals surface area contributed by atoms with Gasteiger partial charge >= 0.3 is 0 Å². The van der Waals surface area contributed by atoms with Gasteiger partial charge in [-0.1, -0.05) is 31.0 Å². The van der Waals surface area contributed by atoms with Crippen LogP contribution in [0.4, 0.5) is 0 Å². The van der Waals surface area contributed by atoms with E-state index in [2.05, 4.69) is 11.5 Å². The molecule has 1 heterocycles. The molecule has 1 aliphatic carbocycles. The molecule has 0 aromatic carbocycles. The second-order valence-corrected chi connectivity index (χ2v) is 4.92. The lowest BCUT2D eigenvalue weighted by Crippen LogP contribution is -2.35. The van der Waals surface area contributed by atoms with Gasteiger partial charge in [-0.05, 0) is 31.7 Å². The van der Waals surface area contributed by atoms with Gasteiger partial charge in [0.15, 0.2) is 0 Å². The van der Waals surface area contributed by atoms with Crippen molar-refractivity contribution in [2.24, 2.45) is 5.92 Å². The van der Waals surface area contributed by atoms with E-state index in [4.69, 9.17) is 11.6 Å². The topological polar surface area (TPSA) is 3.24 Å². The molecule has 1 nitrogen and oxygen atoms in total. The fraction of sp³-hybridized carbons (Fsp3) is 0.818. The molecule has 0 bridgehead atoms. The second kappa shape index (κ2) is 4.02. The van der Waals surface area contributed by atoms with Crippen LogP contribution in [0, 0.1) is 5.92 Å². The molecule has 13 heavy (non-hydrogen) atoms. The standard InChI is InChI=1S/C11H18ClN/c1-9(12)8-13-7-6-10-4-2-3-5-11(10)13/h10-11H,1-8H2. The molecule has 0 aromatic rings. The van der Waals surface area contributed by atoms with Crippen LogP contribution in [0.25, 0.3) is 0 Å². The van der Waals surface area contributed by atoms with Gasteiger partial charge in [0.2, 0.25) is 0 Å². The Balaban J connectivity index is 1.94. The summed E-state index contributed by atoms with van der Waals surface area (Å²) in [6.07, 6.45) is 7.06. The number of nitrogens with zero attached hydrogens (tertiary/aromatic N) is 1. The van der Waals surface area contributed by atoms with E-state index in [1.54, 1.807) is 0 Å². The minimum Gasteiger partial charge on any atom is -0.295 e. The van der Waals surface area contributed by atoms with Gasteiger partial charge in [0, 0.05) is 17.6 Å². The Hall–Kier alpha value is -0.0100. The summed E-state index contributed by atoms with van der Waals surface area (Å²) in [4.78, 5) is 2.53. The molecule has 74 valence electrons. The van der Waals surface area contributed by atoms with Crippen molar-refractivity contribution >= 4 is 11.6 Å². The van der Waals surface area contributed by atoms with Crippen LogP contribution in [0.3, 0.4) is 0 Å². The first kappa shape index (κ1) is 9.54. The summed E-state index contributed by atoms with van der Waals surface area (Å²) in [6.45, 7) is 5.92. The van der Waals surface area contributed by atoms with Crippen LogP contribution in [0.2, 0.25) is 0 Å². The highest BCUT2D eigenvalue weighted by Crippen LogP contribution is 2.36. The number of halogens is 1. The molecule has 0 aromatic heterocycles. The van der Waals surface area contributed by atoms with Crippen LogP contribution in [0.15, 0.2) is 11.6 Å². The maximum atomic E-state index is 5.85. The number of likely N-dealkylation sites (tertiary alicyclic amines) is 1. The third-order valence-electron chi connectivity index (χ3n) is 3.50. The lowest BCUT2D eigenvalue weighted by molar-refractivity contribution is 0.197. The molecular weight excluding hydrogens is 182 g/mol. The third-order valence-corrected chi connectivity index (χ3v) is 3.62. The van der Waals surface area contributed by atoms with E-state index >= 15 is 0 Å². The Kier molecular flexibility index (Phi) is 2.95. The van der Waals surface area contributed by atoms with E-state index in [1.807, 2.05) is 0 Å². The first-order valence-corrected chi connectivity index (χ1v) is 5.72. The smallest absolute Gasteiger partial charge is 0.0338 e. The summed E-state index contributed by atoms with van der Waals surface area (Å²) >= 11 is 5.85. The van der Waals surface area contributed by atoms with Gasteiger partial charge in [0.25, 0.3) is 0 Å². The van der Waals surface area contributed by atoms with Gasteiger partial charge in [0.05, 0.1) is 0 Å². The molecule has 0 spiro atoms. The van der Waals surface area contributed by atoms with E-state index in [0.29, 0.717) is 0 Å². The minimum absolute atomic E-state index is 0.797. The average Bonchev–Trinajstić information content (AvgIpc) is 2.48. The van der Waals surface area contributed by atoms with Crippen molar-refractivity contribution in [2.75, 3.05) is 13.1 Å². The van der Waals surface area contributed by atoms with E-state index in [9.17, 15) is 0 Å². The largest absolute Gasteiger partial charge is 0.295 e. The lowest BCUT2D eigenvalue weighted by Gasteiger charge is -2.31. The van der Waals surface area contributed by atoms with Crippen molar-refractivity contribution in [3.63, 3.8) is 0 Å². The fourth-order valence-corrected chi connectivity index (χ4v) is 3.07. The van der Waals surface area contributed by atoms with Crippen LogP contribution in [0.5, 0.6) is 0 Å². The van der Waals surface area contributed by atoms with Crippen molar-refractivity contribution in [1.82, 2.24) is 4.90 Å². The SMILES string of the molecule is C=C(Cl)CN1CCC2CCCCC21. The van der Waals surface area contributed by atoms with Gasteiger partial charge in [-0.15, -0.1) is 0 Å². The van der Waals surface area contributed by atoms with Gasteiger partial charge in [0.1, 0.15) is 0 Å². The molecule has 1 saturated heterocycles. The zero-order valence-electron chi connectivity index (χ0n) is 8.14. The molecule has 0 radical (unpaired) electrons. The number of fused-ring (bicyclic) bond motifs is 1. The van der Waals surface area contributed by atoms with Gasteiger partial charge < -0.3 is 0 Å². The van der Waals surface area contributed by atoms with Crippen molar-refractivity contribution in [3.05, 3.63) is 11.6 Å². The summed E-state index contributed by atoms with van der Waals surface area (Å²) in [6, 6.07) is 0.823. The maximum Gasteiger partial charge on any atom is 0.0338 e. The molecule has 1 aliphatic heterocycles. The van der Waals surface area contributed by atoms with Crippen LogP contribution < -0.4 is 0 Å². The molecule has 2 rings (SSSR count). The Morgan fingerprint density at radius 2 is 2.08 bits per heavy atom. The third kappa shape index (κ3) is 2.08. The van der Waals surface area contributed by atoms with Crippen molar-refractivity contribution in [1.29, 1.82) is 0 Å². The molecule has 0 N–H and O–H groups in total. The molecule has 2 unspecified atom stereocenters. The summed E-state index contributed by atoms with van der Waals surface area (Å²) < 4.78 is 0. The number of rotatable bonds is 2. The highest BCUT2D eigenvalue weighted by Gasteiger charge is 2.35. The number of hydrogen-bond donors (Lipinski definition) is 0. The summed E-state index contributed by atoms with van der Waals surface area (Å²) in [5, 5.41) is 0.797. The summed E-state index contributed by atoms with van der Waals surface area (Å²) in [5.41, 5.74) is 0. The minimum atomic E-state index is 0.797. The first-order valence-electron chi connectivity index (χ1n) is 5.34. The van der Waals surface area contributed by atoms with Crippen LogP contribution in [-0.2, 0) is 0 Å². The Morgan fingerprint density at radius 1 is 1.31 bits per heavy atom. The Labute approximate surface area is 85.8 Å². The van der Waals surface area contributed by atoms with Crippen LogP contribution in [0.1, 0.15) is 32.1 Å². The molecular formula is C11H18ClN. The zero-order valence-corrected chi connectivity index (χ0v) is 8.89. The predicted octanol–water partition coefficient (Wildman–Crippen LogP) is 3.00. The normalized spacial score (nSPS) is 34.5. The predicted molar refractivity (Wildman–Crippen MR) is 56.9 cm³/mol. The highest BCUT2D eigenvalue weighted by molar-refractivity contribution is 6.29. The van der Waals surface area contributed by atoms with Crippen LogP contribution >= 0.6 is 11.6 Å². The van der Waals surface area contributed by atoms with Crippen LogP contribution in [-0.4, -0.2) is 24.0 Å². The molecule has 2 aliphatic rings. The Bertz CT molecular complexity index is 202. The molecule has 2 fully saturated rings. The zero-order chi connectivity index (χ0) is 9.26. The van der Waals surface area contributed by atoms with Crippen molar-refractivity contribution in [2.45, 2.75) is 38.1 Å². The molecule has 1 saturated carbocycles. The Morgan fingerprint density at radius 3 is 2.85 bits per heavy atom. The van der Waals surface area contributed by atoms with Crippen molar-refractivity contribution < 1.29 is 0 Å². The quantitative estimate of drug-likeness (QED) is 0.661. The lowest BCUT2D eigenvalue weighted by atomic mass is 9.85. The molecule has 2 atom stereocenters. The van der Waals surface area contributed by atoms with E-state index in [-0.39, 0.29) is 0 Å². The monoisotopic (exact) mass is 199 g/mol. The molecule has 2 heteroatoms. The van der Waals surface area contributed by atoms with Gasteiger partial charge in [-0.25, -0.2) is 0 Å². The summed E-state index contributed by atoms with van der Waals surface area (Å²) in [5.74, 6) is 0.963. The fourth-order valence-electron chi connectivity index (χ4n) is 2.92. The second-order valence-electron chi connectivity index (χ2n) is 4.39. The summed E-state index contributed by atoms with van der Waals surface area (Å²) in [7, 11) is 0. The average molecular weight is 200 g/mol. The van der Waals surface area contributed by atoms with Gasteiger partial charge in [-0.2, -0.15) is 0 Å². The highest BCUT2D eigenvalue weighted by atomic mass is 35.5. The van der Waals surface area contributed by atoms with Gasteiger partial charge in [-0.3, -0.25) is 4.90 Å². The molecule has 0 amide bonds. The van der Waals surface area contributed by atoms with E-state index < -0.39 is 0 Å². The first-order chi connectivity index (χ1) is 6.27.